The smallest absolute Gasteiger partial charge is 0.0493 e. The lowest BCUT2D eigenvalue weighted by atomic mass is 9.90. The number of rotatable bonds is 1. The van der Waals surface area contributed by atoms with Crippen molar-refractivity contribution in [3.63, 3.8) is 0 Å². The van der Waals surface area contributed by atoms with Crippen LogP contribution in [0.4, 0.5) is 0 Å². The molecule has 0 aliphatic heterocycles. The summed E-state index contributed by atoms with van der Waals surface area (Å²) in [5.74, 6) is 0. The molecular formula is C13H15Cl2N. The van der Waals surface area contributed by atoms with Gasteiger partial charge in [-0.3, -0.25) is 0 Å². The van der Waals surface area contributed by atoms with Crippen LogP contribution >= 0.6 is 23.2 Å². The minimum Gasteiger partial charge on any atom is -0.328 e. The fraction of sp³-hybridized carbons (Fsp3) is 0.385. The number of allylic oxidation sites excluding steroid dienone is 1. The van der Waals surface area contributed by atoms with Crippen LogP contribution in [0.5, 0.6) is 0 Å². The van der Waals surface area contributed by atoms with Crippen molar-refractivity contribution in [1.29, 1.82) is 0 Å². The molecular weight excluding hydrogens is 241 g/mol. The lowest BCUT2D eigenvalue weighted by Crippen LogP contribution is -2.23. The highest BCUT2D eigenvalue weighted by atomic mass is 35.5. The molecule has 0 bridgehead atoms. The van der Waals surface area contributed by atoms with E-state index in [2.05, 4.69) is 6.08 Å². The first-order chi connectivity index (χ1) is 7.66. The lowest BCUT2D eigenvalue weighted by Gasteiger charge is -2.20. The van der Waals surface area contributed by atoms with Crippen LogP contribution in [0.1, 0.15) is 31.2 Å². The van der Waals surface area contributed by atoms with Crippen LogP contribution in [0.2, 0.25) is 10.0 Å². The number of nitrogens with two attached hydrogens (primary N) is 1. The molecule has 86 valence electrons. The molecule has 1 aliphatic carbocycles. The summed E-state index contributed by atoms with van der Waals surface area (Å²) in [5, 5.41) is 1.43. The first-order valence-corrected chi connectivity index (χ1v) is 6.31. The van der Waals surface area contributed by atoms with Crippen LogP contribution in [0.3, 0.4) is 0 Å². The van der Waals surface area contributed by atoms with E-state index in [1.807, 2.05) is 18.2 Å². The van der Waals surface area contributed by atoms with Gasteiger partial charge in [-0.2, -0.15) is 0 Å². The van der Waals surface area contributed by atoms with E-state index >= 15 is 0 Å². The molecule has 0 atom stereocenters. The van der Waals surface area contributed by atoms with E-state index in [0.29, 0.717) is 6.04 Å². The highest BCUT2D eigenvalue weighted by Crippen LogP contribution is 2.30. The molecule has 3 heteroatoms. The maximum Gasteiger partial charge on any atom is 0.0493 e. The molecule has 1 saturated carbocycles. The van der Waals surface area contributed by atoms with Crippen molar-refractivity contribution in [3.8, 4) is 0 Å². The van der Waals surface area contributed by atoms with Crippen LogP contribution in [-0.4, -0.2) is 6.04 Å². The summed E-state index contributed by atoms with van der Waals surface area (Å²) in [7, 11) is 0. The molecule has 1 fully saturated rings. The predicted molar refractivity (Wildman–Crippen MR) is 70.9 cm³/mol. The summed E-state index contributed by atoms with van der Waals surface area (Å²) in [6.07, 6.45) is 6.36. The Bertz CT molecular complexity index is 382. The van der Waals surface area contributed by atoms with Crippen molar-refractivity contribution in [2.75, 3.05) is 0 Å². The van der Waals surface area contributed by atoms with Gasteiger partial charge in [-0.1, -0.05) is 40.9 Å². The van der Waals surface area contributed by atoms with E-state index in [0.717, 1.165) is 41.3 Å². The zero-order chi connectivity index (χ0) is 11.5. The Balaban J connectivity index is 2.22. The maximum atomic E-state index is 6.12. The molecule has 2 N–H and O–H groups in total. The maximum absolute atomic E-state index is 6.12. The number of hydrogen-bond acceptors (Lipinski definition) is 1. The minimum atomic E-state index is 0.360. The lowest BCUT2D eigenvalue weighted by molar-refractivity contribution is 0.514. The van der Waals surface area contributed by atoms with Crippen molar-refractivity contribution < 1.29 is 0 Å². The predicted octanol–water partition coefficient (Wildman–Crippen LogP) is 4.28. The molecule has 1 aromatic rings. The average molecular weight is 256 g/mol. The van der Waals surface area contributed by atoms with Crippen molar-refractivity contribution in [1.82, 2.24) is 0 Å². The van der Waals surface area contributed by atoms with E-state index in [9.17, 15) is 0 Å². The Labute approximate surface area is 106 Å². The van der Waals surface area contributed by atoms with Crippen molar-refractivity contribution in [2.45, 2.75) is 31.7 Å². The SMILES string of the molecule is NC1CCC(=Cc2c(Cl)cccc2Cl)CC1. The highest BCUT2D eigenvalue weighted by molar-refractivity contribution is 6.37. The number of hydrogen-bond donors (Lipinski definition) is 1. The minimum absolute atomic E-state index is 0.360. The Morgan fingerprint density at radius 3 is 2.25 bits per heavy atom. The standard InChI is InChI=1S/C13H15Cl2N/c14-12-2-1-3-13(15)11(12)8-9-4-6-10(16)7-5-9/h1-3,8,10H,4-7,16H2. The normalized spacial score (nSPS) is 20.9. The van der Waals surface area contributed by atoms with Crippen LogP contribution in [0.25, 0.3) is 6.08 Å². The molecule has 0 aromatic heterocycles. The number of halogens is 2. The van der Waals surface area contributed by atoms with Crippen molar-refractivity contribution >= 4 is 29.3 Å². The third-order valence-electron chi connectivity index (χ3n) is 3.02. The van der Waals surface area contributed by atoms with Crippen LogP contribution < -0.4 is 5.73 Å². The second-order valence-electron chi connectivity index (χ2n) is 4.28. The Morgan fingerprint density at radius 2 is 1.69 bits per heavy atom. The Kier molecular flexibility index (Phi) is 3.91. The topological polar surface area (TPSA) is 26.0 Å². The molecule has 16 heavy (non-hydrogen) atoms. The summed E-state index contributed by atoms with van der Waals surface area (Å²) in [4.78, 5) is 0. The molecule has 1 nitrogen and oxygen atoms in total. The van der Waals surface area contributed by atoms with Gasteiger partial charge in [-0.25, -0.2) is 0 Å². The molecule has 0 amide bonds. The summed E-state index contributed by atoms with van der Waals surface area (Å²) < 4.78 is 0. The zero-order valence-corrected chi connectivity index (χ0v) is 10.6. The van der Waals surface area contributed by atoms with E-state index in [1.54, 1.807) is 0 Å². The monoisotopic (exact) mass is 255 g/mol. The Hall–Kier alpha value is -0.500. The van der Waals surface area contributed by atoms with E-state index < -0.39 is 0 Å². The van der Waals surface area contributed by atoms with Gasteiger partial charge in [0.05, 0.1) is 0 Å². The molecule has 0 unspecified atom stereocenters. The van der Waals surface area contributed by atoms with Gasteiger partial charge in [0.25, 0.3) is 0 Å². The van der Waals surface area contributed by atoms with Gasteiger partial charge < -0.3 is 5.73 Å². The molecule has 0 heterocycles. The van der Waals surface area contributed by atoms with Crippen LogP contribution in [0, 0.1) is 0 Å². The second-order valence-corrected chi connectivity index (χ2v) is 5.09. The van der Waals surface area contributed by atoms with Crippen LogP contribution in [0.15, 0.2) is 23.8 Å². The fourth-order valence-electron chi connectivity index (χ4n) is 2.01. The largest absolute Gasteiger partial charge is 0.328 e. The average Bonchev–Trinajstić information content (AvgIpc) is 2.26. The molecule has 0 radical (unpaired) electrons. The highest BCUT2D eigenvalue weighted by Gasteiger charge is 2.13. The first kappa shape index (κ1) is 12.0. The van der Waals surface area contributed by atoms with Gasteiger partial charge in [0.1, 0.15) is 0 Å². The van der Waals surface area contributed by atoms with E-state index in [4.69, 9.17) is 28.9 Å². The number of benzene rings is 1. The van der Waals surface area contributed by atoms with Crippen LogP contribution in [-0.2, 0) is 0 Å². The third-order valence-corrected chi connectivity index (χ3v) is 3.68. The molecule has 1 aromatic carbocycles. The quantitative estimate of drug-likeness (QED) is 0.797. The summed E-state index contributed by atoms with van der Waals surface area (Å²) in [5.41, 5.74) is 8.21. The van der Waals surface area contributed by atoms with Crippen molar-refractivity contribution in [2.24, 2.45) is 5.73 Å². The third kappa shape index (κ3) is 2.79. The molecule has 2 rings (SSSR count). The Morgan fingerprint density at radius 1 is 1.12 bits per heavy atom. The van der Waals surface area contributed by atoms with Gasteiger partial charge in [-0.15, -0.1) is 0 Å². The van der Waals surface area contributed by atoms with Crippen molar-refractivity contribution in [3.05, 3.63) is 39.4 Å². The van der Waals surface area contributed by atoms with Gasteiger partial charge in [0.2, 0.25) is 0 Å². The van der Waals surface area contributed by atoms with E-state index in [-0.39, 0.29) is 0 Å². The van der Waals surface area contributed by atoms with Gasteiger partial charge in [0, 0.05) is 21.7 Å². The summed E-state index contributed by atoms with van der Waals surface area (Å²) in [6, 6.07) is 5.96. The van der Waals surface area contributed by atoms with Gasteiger partial charge in [0.15, 0.2) is 0 Å². The molecule has 1 aliphatic rings. The first-order valence-electron chi connectivity index (χ1n) is 5.56. The van der Waals surface area contributed by atoms with Gasteiger partial charge >= 0.3 is 0 Å². The summed E-state index contributed by atoms with van der Waals surface area (Å²) in [6.45, 7) is 0. The molecule has 0 spiro atoms. The molecule has 0 saturated heterocycles. The van der Waals surface area contributed by atoms with E-state index in [1.165, 1.54) is 5.57 Å². The fourth-order valence-corrected chi connectivity index (χ4v) is 2.51. The second kappa shape index (κ2) is 5.22. The summed E-state index contributed by atoms with van der Waals surface area (Å²) >= 11 is 12.2. The van der Waals surface area contributed by atoms with Gasteiger partial charge in [-0.05, 0) is 37.8 Å². The zero-order valence-electron chi connectivity index (χ0n) is 9.05.